The predicted molar refractivity (Wildman–Crippen MR) is 176 cm³/mol. The molecule has 6 aromatic carbocycles. The van der Waals surface area contributed by atoms with Crippen LogP contribution in [0.4, 0.5) is 26.3 Å². The van der Waals surface area contributed by atoms with Crippen LogP contribution < -0.4 is 10.4 Å². The van der Waals surface area contributed by atoms with Crippen LogP contribution in [0.1, 0.15) is 39.8 Å². The third-order valence-electron chi connectivity index (χ3n) is 9.08. The van der Waals surface area contributed by atoms with E-state index in [4.69, 9.17) is 0 Å². The first-order chi connectivity index (χ1) is 22.6. The van der Waals surface area contributed by atoms with E-state index >= 15 is 0 Å². The number of allylic oxidation sites excluding steroid dienone is 4. The highest BCUT2D eigenvalue weighted by molar-refractivity contribution is 6.20. The fourth-order valence-electron chi connectivity index (χ4n) is 7.11. The maximum Gasteiger partial charge on any atom is 0.416 e. The molecule has 230 valence electrons. The van der Waals surface area contributed by atoms with Crippen LogP contribution >= 0.6 is 0 Å². The molecule has 0 nitrogen and oxygen atoms in total. The molecule has 0 atom stereocenters. The maximum atomic E-state index is 14.0. The zero-order valence-electron chi connectivity index (χ0n) is 24.7. The van der Waals surface area contributed by atoms with Crippen LogP contribution in [0.2, 0.25) is 0 Å². The Bertz CT molecular complexity index is 2400. The Labute approximate surface area is 265 Å². The summed E-state index contributed by atoms with van der Waals surface area (Å²) in [7, 11) is 0. The zero-order valence-corrected chi connectivity index (χ0v) is 24.7. The highest BCUT2D eigenvalue weighted by atomic mass is 19.4. The predicted octanol–water partition coefficient (Wildman–Crippen LogP) is 10.4. The van der Waals surface area contributed by atoms with Gasteiger partial charge in [0.05, 0.1) is 11.1 Å². The molecule has 0 aliphatic heterocycles. The van der Waals surface area contributed by atoms with Crippen LogP contribution in [0.25, 0.3) is 49.9 Å². The van der Waals surface area contributed by atoms with Crippen molar-refractivity contribution in [2.45, 2.75) is 18.8 Å². The van der Waals surface area contributed by atoms with Gasteiger partial charge in [0, 0.05) is 0 Å². The van der Waals surface area contributed by atoms with Gasteiger partial charge < -0.3 is 0 Å². The Hall–Kier alpha value is -5.36. The first kappa shape index (κ1) is 29.1. The van der Waals surface area contributed by atoms with E-state index in [1.807, 2.05) is 54.6 Å². The normalized spacial score (nSPS) is 13.9. The van der Waals surface area contributed by atoms with Gasteiger partial charge in [-0.1, -0.05) is 103 Å². The molecule has 0 aromatic heterocycles. The van der Waals surface area contributed by atoms with Crippen molar-refractivity contribution < 1.29 is 26.3 Å². The molecular formula is C41H24F6. The third kappa shape index (κ3) is 4.78. The highest BCUT2D eigenvalue weighted by Crippen LogP contribution is 2.44. The van der Waals surface area contributed by atoms with E-state index in [2.05, 4.69) is 30.3 Å². The number of hydrogen-bond acceptors (Lipinski definition) is 0. The molecule has 0 spiro atoms. The lowest BCUT2D eigenvalue weighted by molar-refractivity contribution is -0.138. The second-order valence-corrected chi connectivity index (χ2v) is 11.8. The number of rotatable bonds is 3. The molecule has 0 unspecified atom stereocenters. The van der Waals surface area contributed by atoms with Gasteiger partial charge in [-0.25, -0.2) is 0 Å². The Morgan fingerprint density at radius 1 is 0.532 bits per heavy atom. The van der Waals surface area contributed by atoms with Crippen molar-refractivity contribution in [3.8, 4) is 11.1 Å². The number of alkyl halides is 6. The lowest BCUT2D eigenvalue weighted by atomic mass is 9.84. The Morgan fingerprint density at radius 2 is 1.11 bits per heavy atom. The molecule has 0 heterocycles. The molecule has 0 N–H and O–H groups in total. The molecule has 2 aliphatic rings. The summed E-state index contributed by atoms with van der Waals surface area (Å²) in [4.78, 5) is 0. The summed E-state index contributed by atoms with van der Waals surface area (Å²) >= 11 is 0. The van der Waals surface area contributed by atoms with Gasteiger partial charge in [0.2, 0.25) is 0 Å². The van der Waals surface area contributed by atoms with Crippen molar-refractivity contribution >= 4 is 38.8 Å². The summed E-state index contributed by atoms with van der Waals surface area (Å²) in [6.45, 7) is 0. The van der Waals surface area contributed by atoms with Crippen molar-refractivity contribution in [1.29, 1.82) is 0 Å². The lowest BCUT2D eigenvalue weighted by Gasteiger charge is -2.19. The van der Waals surface area contributed by atoms with Gasteiger partial charge in [-0.15, -0.1) is 0 Å². The van der Waals surface area contributed by atoms with Crippen LogP contribution in [0.3, 0.4) is 0 Å². The first-order valence-electron chi connectivity index (χ1n) is 15.1. The Kier molecular flexibility index (Phi) is 6.55. The molecule has 0 saturated heterocycles. The standard InChI is InChI=1S/C41H24F6/c42-40(43,44)28-13-7-11-25(21-28)36(26-12-8-14-29(22-26)41(45,46)47)34-20-19-27-23-35-32-17-4-3-15-30(32)31-16-5-6-18-33(31)39(35)38(27)37(34)24-9-1-2-10-24/h1-9,11-23H,10H2. The van der Waals surface area contributed by atoms with Crippen molar-refractivity contribution in [2.75, 3.05) is 0 Å². The summed E-state index contributed by atoms with van der Waals surface area (Å²) < 4.78 is 84.1. The molecule has 6 heteroatoms. The fourth-order valence-corrected chi connectivity index (χ4v) is 7.11. The quantitative estimate of drug-likeness (QED) is 0.135. The summed E-state index contributed by atoms with van der Waals surface area (Å²) in [6, 6.07) is 29.8. The van der Waals surface area contributed by atoms with Gasteiger partial charge in [-0.2, -0.15) is 26.3 Å². The van der Waals surface area contributed by atoms with Crippen molar-refractivity contribution in [3.05, 3.63) is 171 Å². The molecule has 47 heavy (non-hydrogen) atoms. The molecule has 0 fully saturated rings. The molecule has 0 radical (unpaired) electrons. The van der Waals surface area contributed by atoms with Crippen molar-refractivity contribution in [1.82, 2.24) is 0 Å². The monoisotopic (exact) mass is 630 g/mol. The number of halogens is 6. The van der Waals surface area contributed by atoms with Crippen LogP contribution in [-0.4, -0.2) is 0 Å². The second kappa shape index (κ2) is 10.6. The molecule has 0 bridgehead atoms. The Morgan fingerprint density at radius 3 is 1.68 bits per heavy atom. The summed E-state index contributed by atoms with van der Waals surface area (Å²) in [6.07, 6.45) is -0.637. The SMILES string of the molecule is FC(F)(F)c1cccc(C(c2cccc(C(F)(F)F)c2)=c2ccc3c(c2C2=CC=CC2)-c2c(c4ccccc4c4ccccc24)C=3)c1. The van der Waals surface area contributed by atoms with Crippen LogP contribution in [-0.2, 0) is 12.4 Å². The van der Waals surface area contributed by atoms with Gasteiger partial charge in [0.15, 0.2) is 0 Å². The van der Waals surface area contributed by atoms with Gasteiger partial charge >= 0.3 is 12.4 Å². The molecule has 2 aliphatic carbocycles. The Balaban J connectivity index is 1.56. The van der Waals surface area contributed by atoms with Gasteiger partial charge in [0.25, 0.3) is 0 Å². The van der Waals surface area contributed by atoms with Gasteiger partial charge in [0.1, 0.15) is 0 Å². The number of benzene rings is 6. The summed E-state index contributed by atoms with van der Waals surface area (Å²) in [5.74, 6) is 0. The van der Waals surface area contributed by atoms with Crippen LogP contribution in [0, 0.1) is 0 Å². The van der Waals surface area contributed by atoms with E-state index in [0.29, 0.717) is 17.2 Å². The minimum atomic E-state index is -4.64. The molecule has 8 rings (SSSR count). The highest BCUT2D eigenvalue weighted by Gasteiger charge is 2.33. The van der Waals surface area contributed by atoms with E-state index in [0.717, 1.165) is 78.9 Å². The maximum absolute atomic E-state index is 14.0. The molecule has 6 aromatic rings. The van der Waals surface area contributed by atoms with Crippen LogP contribution in [0.15, 0.2) is 127 Å². The van der Waals surface area contributed by atoms with E-state index in [1.165, 1.54) is 24.3 Å². The van der Waals surface area contributed by atoms with Crippen LogP contribution in [0.5, 0.6) is 0 Å². The van der Waals surface area contributed by atoms with Crippen molar-refractivity contribution in [3.63, 3.8) is 0 Å². The summed E-state index contributed by atoms with van der Waals surface area (Å²) in [5.41, 5.74) is 3.61. The molecule has 0 saturated carbocycles. The summed E-state index contributed by atoms with van der Waals surface area (Å²) in [5, 5.41) is 5.79. The van der Waals surface area contributed by atoms with E-state index in [-0.39, 0.29) is 11.1 Å². The first-order valence-corrected chi connectivity index (χ1v) is 15.1. The minimum Gasteiger partial charge on any atom is -0.166 e. The lowest BCUT2D eigenvalue weighted by Crippen LogP contribution is -2.21. The average Bonchev–Trinajstić information content (AvgIpc) is 3.74. The zero-order chi connectivity index (χ0) is 32.5. The third-order valence-corrected chi connectivity index (χ3v) is 9.08. The fraction of sp³-hybridized carbons (Fsp3) is 0.0732. The number of fused-ring (bicyclic) bond motifs is 8. The van der Waals surface area contributed by atoms with Crippen molar-refractivity contribution in [2.24, 2.45) is 0 Å². The molecular weight excluding hydrogens is 606 g/mol. The second-order valence-electron chi connectivity index (χ2n) is 11.8. The van der Waals surface area contributed by atoms with E-state index < -0.39 is 23.5 Å². The molecule has 0 amide bonds. The van der Waals surface area contributed by atoms with Gasteiger partial charge in [-0.3, -0.25) is 0 Å². The largest absolute Gasteiger partial charge is 0.416 e. The average molecular weight is 631 g/mol. The smallest absolute Gasteiger partial charge is 0.166 e. The van der Waals surface area contributed by atoms with E-state index in [1.54, 1.807) is 0 Å². The topological polar surface area (TPSA) is 0 Å². The number of hydrogen-bond donors (Lipinski definition) is 0. The van der Waals surface area contributed by atoms with Gasteiger partial charge in [-0.05, 0) is 113 Å². The van der Waals surface area contributed by atoms with E-state index in [9.17, 15) is 26.3 Å². The minimum absolute atomic E-state index is 0.178.